The quantitative estimate of drug-likeness (QED) is 0.817. The van der Waals surface area contributed by atoms with Gasteiger partial charge in [0.05, 0.1) is 0 Å². The van der Waals surface area contributed by atoms with Crippen LogP contribution in [-0.4, -0.2) is 5.78 Å². The number of halogens is 2. The Labute approximate surface area is 103 Å². The van der Waals surface area contributed by atoms with Gasteiger partial charge in [0.1, 0.15) is 5.78 Å². The topological polar surface area (TPSA) is 17.1 Å². The number of aryl methyl sites for hydroxylation is 1. The van der Waals surface area contributed by atoms with Crippen LogP contribution in [0.1, 0.15) is 24.8 Å². The molecule has 0 spiro atoms. The number of rotatable bonds is 4. The third kappa shape index (κ3) is 3.05. The molecule has 0 aromatic heterocycles. The molecule has 0 bridgehead atoms. The fourth-order valence-electron chi connectivity index (χ4n) is 1.59. The van der Waals surface area contributed by atoms with E-state index in [-0.39, 0.29) is 0 Å². The molecule has 2 rings (SSSR count). The number of ketones is 1. The zero-order valence-corrected chi connectivity index (χ0v) is 10.6. The van der Waals surface area contributed by atoms with Crippen LogP contribution < -0.4 is 0 Å². The van der Waals surface area contributed by atoms with Crippen molar-refractivity contribution < 1.29 is 4.79 Å². The number of hydrogen-bond donors (Lipinski definition) is 0. The largest absolute Gasteiger partial charge is 0.299 e. The normalized spacial score (nSPS) is 15.3. The van der Waals surface area contributed by atoms with Gasteiger partial charge in [-0.15, -0.1) is 0 Å². The minimum atomic E-state index is 0.360. The Morgan fingerprint density at radius 3 is 2.80 bits per heavy atom. The molecule has 0 atom stereocenters. The summed E-state index contributed by atoms with van der Waals surface area (Å²) >= 11 is 9.43. The summed E-state index contributed by atoms with van der Waals surface area (Å²) in [5.41, 5.74) is 1.06. The first-order valence-corrected chi connectivity index (χ1v) is 6.30. The lowest BCUT2D eigenvalue weighted by atomic mass is 10.1. The van der Waals surface area contributed by atoms with Gasteiger partial charge in [0.15, 0.2) is 0 Å². The van der Waals surface area contributed by atoms with Gasteiger partial charge in [-0.05, 0) is 37.0 Å². The molecule has 1 aromatic carbocycles. The van der Waals surface area contributed by atoms with Crippen LogP contribution in [0.5, 0.6) is 0 Å². The van der Waals surface area contributed by atoms with Gasteiger partial charge in [0, 0.05) is 21.8 Å². The maximum Gasteiger partial charge on any atom is 0.136 e. The Balaban J connectivity index is 1.95. The maximum absolute atomic E-state index is 11.5. The number of hydrogen-bond acceptors (Lipinski definition) is 1. The highest BCUT2D eigenvalue weighted by atomic mass is 79.9. The van der Waals surface area contributed by atoms with Crippen LogP contribution in [0.2, 0.25) is 5.02 Å². The molecule has 80 valence electrons. The highest BCUT2D eigenvalue weighted by Crippen LogP contribution is 2.31. The molecule has 3 heteroatoms. The smallest absolute Gasteiger partial charge is 0.136 e. The number of benzene rings is 1. The molecule has 1 aromatic rings. The van der Waals surface area contributed by atoms with Gasteiger partial charge in [-0.1, -0.05) is 33.6 Å². The Hall–Kier alpha value is -0.340. The number of carbonyl (C=O) groups is 1. The zero-order valence-electron chi connectivity index (χ0n) is 8.30. The molecular formula is C12H12BrClO. The predicted octanol–water partition coefficient (Wildman–Crippen LogP) is 4.01. The van der Waals surface area contributed by atoms with Crippen molar-refractivity contribution in [3.05, 3.63) is 33.3 Å². The van der Waals surface area contributed by atoms with Crippen LogP contribution in [0.15, 0.2) is 22.7 Å². The summed E-state index contributed by atoms with van der Waals surface area (Å²) in [5, 5.41) is 0.743. The summed E-state index contributed by atoms with van der Waals surface area (Å²) in [7, 11) is 0. The highest BCUT2D eigenvalue weighted by Gasteiger charge is 2.28. The van der Waals surface area contributed by atoms with E-state index in [0.717, 1.165) is 34.3 Å². The van der Waals surface area contributed by atoms with E-state index in [0.29, 0.717) is 18.1 Å². The second-order valence-corrected chi connectivity index (χ2v) is 5.30. The lowest BCUT2D eigenvalue weighted by Crippen LogP contribution is -2.02. The molecule has 0 unspecified atom stereocenters. The van der Waals surface area contributed by atoms with E-state index in [9.17, 15) is 4.79 Å². The van der Waals surface area contributed by atoms with E-state index in [1.807, 2.05) is 18.2 Å². The summed E-state index contributed by atoms with van der Waals surface area (Å²) in [6.45, 7) is 0. The lowest BCUT2D eigenvalue weighted by molar-refractivity contribution is -0.120. The number of Topliss-reactive ketones (excluding diaryl/α,β-unsaturated/α-hetero) is 1. The monoisotopic (exact) mass is 286 g/mol. The van der Waals surface area contributed by atoms with Crippen LogP contribution in [0, 0.1) is 5.92 Å². The molecule has 0 amide bonds. The van der Waals surface area contributed by atoms with Crippen molar-refractivity contribution in [3.63, 3.8) is 0 Å². The Morgan fingerprint density at radius 1 is 1.47 bits per heavy atom. The summed E-state index contributed by atoms with van der Waals surface area (Å²) in [6.07, 6.45) is 3.58. The second kappa shape index (κ2) is 4.67. The van der Waals surface area contributed by atoms with Gasteiger partial charge in [-0.3, -0.25) is 4.79 Å². The molecule has 0 aliphatic heterocycles. The summed E-state index contributed by atoms with van der Waals surface area (Å²) in [5.74, 6) is 0.758. The molecule has 1 fully saturated rings. The van der Waals surface area contributed by atoms with Crippen molar-refractivity contribution >= 4 is 33.3 Å². The third-order valence-corrected chi connectivity index (χ3v) is 3.53. The molecule has 0 saturated heterocycles. The minimum Gasteiger partial charge on any atom is -0.299 e. The van der Waals surface area contributed by atoms with E-state index in [2.05, 4.69) is 15.9 Å². The van der Waals surface area contributed by atoms with E-state index in [1.165, 1.54) is 0 Å². The Morgan fingerprint density at radius 2 is 2.20 bits per heavy atom. The van der Waals surface area contributed by atoms with Gasteiger partial charge in [-0.25, -0.2) is 0 Å². The zero-order chi connectivity index (χ0) is 10.8. The van der Waals surface area contributed by atoms with E-state index in [4.69, 9.17) is 11.6 Å². The van der Waals surface area contributed by atoms with E-state index in [1.54, 1.807) is 0 Å². The number of carbonyl (C=O) groups excluding carboxylic acids is 1. The fourth-order valence-corrected chi connectivity index (χ4v) is 2.36. The molecule has 0 N–H and O–H groups in total. The average Bonchev–Trinajstić information content (AvgIpc) is 2.99. The molecule has 0 radical (unpaired) electrons. The van der Waals surface area contributed by atoms with Crippen LogP contribution >= 0.6 is 27.5 Å². The Kier molecular flexibility index (Phi) is 3.47. The van der Waals surface area contributed by atoms with Crippen molar-refractivity contribution in [1.82, 2.24) is 0 Å². The maximum atomic E-state index is 11.5. The first-order chi connectivity index (χ1) is 7.16. The summed E-state index contributed by atoms with van der Waals surface area (Å²) in [6, 6.07) is 5.81. The van der Waals surface area contributed by atoms with Crippen molar-refractivity contribution in [2.24, 2.45) is 5.92 Å². The average molecular weight is 288 g/mol. The molecule has 1 saturated carbocycles. The molecule has 0 heterocycles. The van der Waals surface area contributed by atoms with Crippen molar-refractivity contribution in [2.45, 2.75) is 25.7 Å². The van der Waals surface area contributed by atoms with Crippen molar-refractivity contribution in [2.75, 3.05) is 0 Å². The van der Waals surface area contributed by atoms with Gasteiger partial charge in [0.25, 0.3) is 0 Å². The standard InChI is InChI=1S/C12H12BrClO/c13-10-5-3-8(11(14)7-10)4-6-12(15)9-1-2-9/h3,5,7,9H,1-2,4,6H2. The van der Waals surface area contributed by atoms with Crippen LogP contribution in [0.3, 0.4) is 0 Å². The van der Waals surface area contributed by atoms with Crippen LogP contribution in [0.4, 0.5) is 0 Å². The van der Waals surface area contributed by atoms with Crippen LogP contribution in [0.25, 0.3) is 0 Å². The van der Waals surface area contributed by atoms with Gasteiger partial charge >= 0.3 is 0 Å². The van der Waals surface area contributed by atoms with E-state index >= 15 is 0 Å². The van der Waals surface area contributed by atoms with Gasteiger partial charge in [0.2, 0.25) is 0 Å². The Bertz CT molecular complexity index is 385. The third-order valence-electron chi connectivity index (χ3n) is 2.69. The SMILES string of the molecule is O=C(CCc1ccc(Br)cc1Cl)C1CC1. The van der Waals surface area contributed by atoms with Gasteiger partial charge in [-0.2, -0.15) is 0 Å². The molecule has 15 heavy (non-hydrogen) atoms. The van der Waals surface area contributed by atoms with Gasteiger partial charge < -0.3 is 0 Å². The lowest BCUT2D eigenvalue weighted by Gasteiger charge is -2.03. The molecule has 1 aliphatic carbocycles. The first-order valence-electron chi connectivity index (χ1n) is 5.13. The van der Waals surface area contributed by atoms with Crippen molar-refractivity contribution in [3.8, 4) is 0 Å². The summed E-state index contributed by atoms with van der Waals surface area (Å²) < 4.78 is 0.977. The summed E-state index contributed by atoms with van der Waals surface area (Å²) in [4.78, 5) is 11.5. The molecular weight excluding hydrogens is 275 g/mol. The minimum absolute atomic E-state index is 0.360. The predicted molar refractivity (Wildman–Crippen MR) is 65.2 cm³/mol. The molecule has 1 aliphatic rings. The van der Waals surface area contributed by atoms with E-state index < -0.39 is 0 Å². The van der Waals surface area contributed by atoms with Crippen LogP contribution in [-0.2, 0) is 11.2 Å². The highest BCUT2D eigenvalue weighted by molar-refractivity contribution is 9.10. The molecule has 1 nitrogen and oxygen atoms in total. The first kappa shape index (κ1) is 11.2. The fraction of sp³-hybridized carbons (Fsp3) is 0.417. The van der Waals surface area contributed by atoms with Crippen molar-refractivity contribution in [1.29, 1.82) is 0 Å². The second-order valence-electron chi connectivity index (χ2n) is 3.98.